The first kappa shape index (κ1) is 13.9. The van der Waals surface area contributed by atoms with E-state index in [4.69, 9.17) is 5.11 Å². The standard InChI is InChI=1S/C15H22BrNO/c1-11(2)13-5-7-17(8-6-13)15-4-3-12(10-18)9-14(15)16/h3-4,9,11,13,18H,5-8,10H2,1-2H3. The monoisotopic (exact) mass is 311 g/mol. The number of hydrogen-bond donors (Lipinski definition) is 1. The van der Waals surface area contributed by atoms with E-state index in [2.05, 4.69) is 40.7 Å². The molecule has 0 aromatic heterocycles. The molecule has 0 amide bonds. The zero-order chi connectivity index (χ0) is 13.1. The molecule has 2 rings (SSSR count). The molecule has 0 radical (unpaired) electrons. The van der Waals surface area contributed by atoms with Crippen LogP contribution in [0.25, 0.3) is 0 Å². The molecule has 0 spiro atoms. The third kappa shape index (κ3) is 3.07. The smallest absolute Gasteiger partial charge is 0.0682 e. The van der Waals surface area contributed by atoms with Crippen molar-refractivity contribution in [3.63, 3.8) is 0 Å². The molecule has 1 heterocycles. The van der Waals surface area contributed by atoms with Gasteiger partial charge in [-0.1, -0.05) is 19.9 Å². The summed E-state index contributed by atoms with van der Waals surface area (Å²) in [4.78, 5) is 2.45. The Labute approximate surface area is 118 Å². The molecule has 0 saturated carbocycles. The van der Waals surface area contributed by atoms with E-state index in [0.717, 1.165) is 35.0 Å². The quantitative estimate of drug-likeness (QED) is 0.917. The third-order valence-electron chi connectivity index (χ3n) is 4.02. The van der Waals surface area contributed by atoms with E-state index in [-0.39, 0.29) is 6.61 Å². The van der Waals surface area contributed by atoms with Gasteiger partial charge in [-0.25, -0.2) is 0 Å². The van der Waals surface area contributed by atoms with Crippen LogP contribution >= 0.6 is 15.9 Å². The van der Waals surface area contributed by atoms with Crippen molar-refractivity contribution in [2.24, 2.45) is 11.8 Å². The van der Waals surface area contributed by atoms with E-state index in [9.17, 15) is 0 Å². The number of aliphatic hydroxyl groups excluding tert-OH is 1. The number of rotatable bonds is 3. The Morgan fingerprint density at radius 1 is 1.33 bits per heavy atom. The van der Waals surface area contributed by atoms with E-state index < -0.39 is 0 Å². The number of piperidine rings is 1. The Balaban J connectivity index is 2.05. The molecule has 0 unspecified atom stereocenters. The number of halogens is 1. The van der Waals surface area contributed by atoms with Gasteiger partial charge in [-0.15, -0.1) is 0 Å². The molecule has 0 aliphatic carbocycles. The van der Waals surface area contributed by atoms with Gasteiger partial charge in [-0.05, 0) is 58.3 Å². The number of anilines is 1. The van der Waals surface area contributed by atoms with Crippen LogP contribution in [0.1, 0.15) is 32.3 Å². The lowest BCUT2D eigenvalue weighted by atomic mass is 9.86. The van der Waals surface area contributed by atoms with Crippen molar-refractivity contribution in [3.8, 4) is 0 Å². The van der Waals surface area contributed by atoms with E-state index >= 15 is 0 Å². The van der Waals surface area contributed by atoms with E-state index in [1.807, 2.05) is 12.1 Å². The second kappa shape index (κ2) is 6.07. The minimum Gasteiger partial charge on any atom is -0.392 e. The summed E-state index contributed by atoms with van der Waals surface area (Å²) >= 11 is 3.61. The van der Waals surface area contributed by atoms with Gasteiger partial charge in [0.05, 0.1) is 12.3 Å². The van der Waals surface area contributed by atoms with Crippen LogP contribution in [0.2, 0.25) is 0 Å². The summed E-state index contributed by atoms with van der Waals surface area (Å²) in [6.45, 7) is 7.03. The van der Waals surface area contributed by atoms with Crippen molar-refractivity contribution in [1.29, 1.82) is 0 Å². The van der Waals surface area contributed by atoms with Gasteiger partial charge < -0.3 is 10.0 Å². The fourth-order valence-corrected chi connectivity index (χ4v) is 3.39. The van der Waals surface area contributed by atoms with Crippen molar-refractivity contribution in [2.45, 2.75) is 33.3 Å². The highest BCUT2D eigenvalue weighted by Gasteiger charge is 2.22. The summed E-state index contributed by atoms with van der Waals surface area (Å²) in [5, 5.41) is 9.12. The third-order valence-corrected chi connectivity index (χ3v) is 4.65. The molecule has 2 nitrogen and oxygen atoms in total. The Morgan fingerprint density at radius 3 is 2.50 bits per heavy atom. The van der Waals surface area contributed by atoms with Crippen LogP contribution in [0.3, 0.4) is 0 Å². The van der Waals surface area contributed by atoms with Gasteiger partial charge in [0.1, 0.15) is 0 Å². The minimum absolute atomic E-state index is 0.105. The molecule has 0 bridgehead atoms. The van der Waals surface area contributed by atoms with Crippen molar-refractivity contribution in [1.82, 2.24) is 0 Å². The van der Waals surface area contributed by atoms with Crippen molar-refractivity contribution >= 4 is 21.6 Å². The molecule has 0 atom stereocenters. The van der Waals surface area contributed by atoms with E-state index in [1.54, 1.807) is 0 Å². The predicted molar refractivity (Wildman–Crippen MR) is 79.8 cm³/mol. The van der Waals surface area contributed by atoms with E-state index in [1.165, 1.54) is 18.5 Å². The van der Waals surface area contributed by atoms with Gasteiger partial charge >= 0.3 is 0 Å². The first-order valence-corrected chi connectivity index (χ1v) is 7.55. The maximum atomic E-state index is 9.12. The van der Waals surface area contributed by atoms with Crippen molar-refractivity contribution < 1.29 is 5.11 Å². The maximum absolute atomic E-state index is 9.12. The summed E-state index contributed by atoms with van der Waals surface area (Å²) in [5.74, 6) is 1.67. The molecule has 1 aromatic rings. The summed E-state index contributed by atoms with van der Waals surface area (Å²) in [7, 11) is 0. The fraction of sp³-hybridized carbons (Fsp3) is 0.600. The number of benzene rings is 1. The lowest BCUT2D eigenvalue weighted by Gasteiger charge is -2.35. The van der Waals surface area contributed by atoms with Crippen LogP contribution in [0.5, 0.6) is 0 Å². The number of aliphatic hydroxyl groups is 1. The Morgan fingerprint density at radius 2 is 2.00 bits per heavy atom. The average molecular weight is 312 g/mol. The Kier molecular flexibility index (Phi) is 4.68. The molecule has 1 saturated heterocycles. The topological polar surface area (TPSA) is 23.5 Å². The number of nitrogens with zero attached hydrogens (tertiary/aromatic N) is 1. The second-order valence-corrected chi connectivity index (χ2v) is 6.37. The SMILES string of the molecule is CC(C)C1CCN(c2ccc(CO)cc2Br)CC1. The first-order chi connectivity index (χ1) is 8.61. The van der Waals surface area contributed by atoms with Crippen LogP contribution in [0.4, 0.5) is 5.69 Å². The van der Waals surface area contributed by atoms with Crippen LogP contribution in [0, 0.1) is 11.8 Å². The van der Waals surface area contributed by atoms with Crippen LogP contribution in [-0.4, -0.2) is 18.2 Å². The zero-order valence-corrected chi connectivity index (χ0v) is 12.8. The van der Waals surface area contributed by atoms with Crippen LogP contribution in [-0.2, 0) is 6.61 Å². The Bertz CT molecular complexity index is 397. The molecule has 3 heteroatoms. The highest BCUT2D eigenvalue weighted by Crippen LogP contribution is 2.32. The van der Waals surface area contributed by atoms with Gasteiger partial charge in [0.15, 0.2) is 0 Å². The summed E-state index contributed by atoms with van der Waals surface area (Å²) in [6, 6.07) is 6.14. The van der Waals surface area contributed by atoms with Gasteiger partial charge in [0, 0.05) is 17.6 Å². The zero-order valence-electron chi connectivity index (χ0n) is 11.2. The fourth-order valence-electron chi connectivity index (χ4n) is 2.71. The molecule has 1 aliphatic heterocycles. The molecule has 1 fully saturated rings. The molecule has 1 aromatic carbocycles. The first-order valence-electron chi connectivity index (χ1n) is 6.76. The van der Waals surface area contributed by atoms with Crippen LogP contribution in [0.15, 0.2) is 22.7 Å². The summed E-state index contributed by atoms with van der Waals surface area (Å²) < 4.78 is 1.09. The van der Waals surface area contributed by atoms with E-state index in [0.29, 0.717) is 0 Å². The highest BCUT2D eigenvalue weighted by molar-refractivity contribution is 9.10. The van der Waals surface area contributed by atoms with Crippen molar-refractivity contribution in [2.75, 3.05) is 18.0 Å². The predicted octanol–water partition coefficient (Wildman–Crippen LogP) is 3.81. The second-order valence-electron chi connectivity index (χ2n) is 5.51. The maximum Gasteiger partial charge on any atom is 0.0682 e. The Hall–Kier alpha value is -0.540. The number of hydrogen-bond acceptors (Lipinski definition) is 2. The summed E-state index contributed by atoms with van der Waals surface area (Å²) in [6.07, 6.45) is 2.57. The molecule has 100 valence electrons. The summed E-state index contributed by atoms with van der Waals surface area (Å²) in [5.41, 5.74) is 2.22. The normalized spacial score (nSPS) is 17.5. The largest absolute Gasteiger partial charge is 0.392 e. The van der Waals surface area contributed by atoms with Gasteiger partial charge in [-0.2, -0.15) is 0 Å². The molecule has 1 N–H and O–H groups in total. The van der Waals surface area contributed by atoms with Crippen LogP contribution < -0.4 is 4.90 Å². The lowest BCUT2D eigenvalue weighted by molar-refractivity contribution is 0.281. The highest BCUT2D eigenvalue weighted by atomic mass is 79.9. The minimum atomic E-state index is 0.105. The lowest BCUT2D eigenvalue weighted by Crippen LogP contribution is -2.35. The molecular weight excluding hydrogens is 290 g/mol. The molecule has 1 aliphatic rings. The average Bonchev–Trinajstić information content (AvgIpc) is 2.38. The van der Waals surface area contributed by atoms with Crippen molar-refractivity contribution in [3.05, 3.63) is 28.2 Å². The van der Waals surface area contributed by atoms with Gasteiger partial charge in [0.25, 0.3) is 0 Å². The molecular formula is C15H22BrNO. The molecule has 18 heavy (non-hydrogen) atoms. The van der Waals surface area contributed by atoms with Gasteiger partial charge in [-0.3, -0.25) is 0 Å². The van der Waals surface area contributed by atoms with Gasteiger partial charge in [0.2, 0.25) is 0 Å².